The first-order chi connectivity index (χ1) is 15.2. The Morgan fingerprint density at radius 1 is 1.00 bits per heavy atom. The maximum absolute atomic E-state index is 12.2. The number of rotatable bonds is 9. The van der Waals surface area contributed by atoms with E-state index in [2.05, 4.69) is 31.6 Å². The Balaban J connectivity index is 1.42. The molecule has 31 heavy (non-hydrogen) atoms. The third kappa shape index (κ3) is 5.84. The van der Waals surface area contributed by atoms with Crippen molar-refractivity contribution in [2.24, 2.45) is 0 Å². The fourth-order valence-corrected chi connectivity index (χ4v) is 3.89. The van der Waals surface area contributed by atoms with Gasteiger partial charge in [-0.05, 0) is 39.2 Å². The van der Waals surface area contributed by atoms with Crippen LogP contribution in [0.3, 0.4) is 0 Å². The molecule has 2 aromatic carbocycles. The maximum atomic E-state index is 12.2. The Morgan fingerprint density at radius 2 is 1.71 bits per heavy atom. The number of benzene rings is 2. The van der Waals surface area contributed by atoms with Gasteiger partial charge in [-0.1, -0.05) is 72.4 Å². The molecule has 9 heteroatoms. The summed E-state index contributed by atoms with van der Waals surface area (Å²) in [7, 11) is 0. The average Bonchev–Trinajstić information content (AvgIpc) is 3.39. The lowest BCUT2D eigenvalue weighted by atomic mass is 10.2. The van der Waals surface area contributed by atoms with E-state index in [1.165, 1.54) is 11.8 Å². The fraction of sp³-hybridized carbons (Fsp3) is 0.136. The molecule has 4 rings (SSSR count). The van der Waals surface area contributed by atoms with Gasteiger partial charge in [-0.15, -0.1) is 10.2 Å². The zero-order valence-corrected chi connectivity index (χ0v) is 18.8. The summed E-state index contributed by atoms with van der Waals surface area (Å²) in [5.41, 5.74) is 4.54. The Hall–Kier alpha value is -2.88. The molecule has 1 N–H and O–H groups in total. The highest BCUT2D eigenvalue weighted by Gasteiger charge is 2.18. The van der Waals surface area contributed by atoms with Crippen LogP contribution in [0.25, 0.3) is 11.6 Å². The number of carbonyl (C=O) groups is 1. The summed E-state index contributed by atoms with van der Waals surface area (Å²) >= 11 is 4.61. The highest BCUT2D eigenvalue weighted by atomic mass is 79.9. The molecule has 0 saturated heterocycles. The van der Waals surface area contributed by atoms with E-state index >= 15 is 0 Å². The lowest BCUT2D eigenvalue weighted by Crippen LogP contribution is -2.25. The third-order valence-electron chi connectivity index (χ3n) is 4.29. The average molecular weight is 499 g/mol. The monoisotopic (exact) mass is 498 g/mol. The number of nitrogens with one attached hydrogen (secondary N) is 1. The lowest BCUT2D eigenvalue weighted by Gasteiger charge is -2.09. The van der Waals surface area contributed by atoms with Crippen LogP contribution in [-0.4, -0.2) is 26.4 Å². The maximum Gasteiger partial charge on any atom is 0.254 e. The molecule has 0 fully saturated rings. The summed E-state index contributed by atoms with van der Waals surface area (Å²) < 4.78 is 8.21. The fourth-order valence-electron chi connectivity index (χ4n) is 2.85. The molecule has 0 radical (unpaired) electrons. The van der Waals surface area contributed by atoms with E-state index in [0.29, 0.717) is 34.6 Å². The summed E-state index contributed by atoms with van der Waals surface area (Å²) in [5.74, 6) is 1.08. The molecule has 4 aromatic rings. The van der Waals surface area contributed by atoms with Crippen molar-refractivity contribution < 1.29 is 14.0 Å². The molecule has 0 bridgehead atoms. The van der Waals surface area contributed by atoms with Gasteiger partial charge in [0.15, 0.2) is 15.6 Å². The highest BCUT2D eigenvalue weighted by Crippen LogP contribution is 2.28. The molecule has 0 unspecified atom stereocenters. The molecule has 0 spiro atoms. The van der Waals surface area contributed by atoms with Gasteiger partial charge in [0.25, 0.3) is 5.91 Å². The first kappa shape index (κ1) is 21.4. The topological polar surface area (TPSA) is 82.2 Å². The first-order valence-corrected chi connectivity index (χ1v) is 11.3. The van der Waals surface area contributed by atoms with Crippen LogP contribution in [0.2, 0.25) is 0 Å². The van der Waals surface area contributed by atoms with Crippen LogP contribution in [0.4, 0.5) is 0 Å². The predicted octanol–water partition coefficient (Wildman–Crippen LogP) is 4.69. The van der Waals surface area contributed by atoms with Crippen LogP contribution in [0.15, 0.2) is 87.0 Å². The molecule has 0 aliphatic heterocycles. The Kier molecular flexibility index (Phi) is 7.18. The number of halogens is 1. The number of hydrogen-bond donors (Lipinski definition) is 1. The van der Waals surface area contributed by atoms with Crippen molar-refractivity contribution in [1.82, 2.24) is 20.2 Å². The van der Waals surface area contributed by atoms with Crippen molar-refractivity contribution in [3.8, 4) is 11.6 Å². The second-order valence-corrected chi connectivity index (χ2v) is 8.29. The minimum absolute atomic E-state index is 0.142. The number of hydroxylamine groups is 1. The summed E-state index contributed by atoms with van der Waals surface area (Å²) in [4.78, 5) is 17.5. The van der Waals surface area contributed by atoms with Gasteiger partial charge in [0.05, 0.1) is 18.9 Å². The molecule has 0 aliphatic rings. The first-order valence-electron chi connectivity index (χ1n) is 9.49. The normalized spacial score (nSPS) is 10.9. The summed E-state index contributed by atoms with van der Waals surface area (Å²) in [5, 5.41) is 9.18. The standard InChI is InChI=1S/C22H19BrN4O3S/c23-19-12-11-18(30-19)21-24-25-22(27(21)13-16-7-3-1-4-8-16)31-15-20(28)26-29-14-17-9-5-2-6-10-17/h1-12H,13-15H2,(H,26,28). The largest absolute Gasteiger partial charge is 0.446 e. The number of thioether (sulfide) groups is 1. The molecule has 7 nitrogen and oxygen atoms in total. The second kappa shape index (κ2) is 10.4. The van der Waals surface area contributed by atoms with E-state index in [1.807, 2.05) is 71.3 Å². The van der Waals surface area contributed by atoms with Crippen molar-refractivity contribution >= 4 is 33.6 Å². The second-order valence-electron chi connectivity index (χ2n) is 6.57. The number of amides is 1. The number of furan rings is 1. The molecule has 0 atom stereocenters. The van der Waals surface area contributed by atoms with Crippen molar-refractivity contribution in [3.05, 3.63) is 88.6 Å². The quantitative estimate of drug-likeness (QED) is 0.266. The molecule has 2 heterocycles. The number of nitrogens with zero attached hydrogens (tertiary/aromatic N) is 3. The van der Waals surface area contributed by atoms with Gasteiger partial charge in [0.1, 0.15) is 0 Å². The smallest absolute Gasteiger partial charge is 0.254 e. The van der Waals surface area contributed by atoms with Crippen molar-refractivity contribution in [3.63, 3.8) is 0 Å². The van der Waals surface area contributed by atoms with Crippen LogP contribution in [0.1, 0.15) is 11.1 Å². The molecule has 2 aromatic heterocycles. The van der Waals surface area contributed by atoms with Gasteiger partial charge >= 0.3 is 0 Å². The summed E-state index contributed by atoms with van der Waals surface area (Å²) in [6, 6.07) is 23.3. The van der Waals surface area contributed by atoms with E-state index < -0.39 is 0 Å². The van der Waals surface area contributed by atoms with Gasteiger partial charge in [-0.25, -0.2) is 5.48 Å². The van der Waals surface area contributed by atoms with E-state index in [0.717, 1.165) is 11.1 Å². The van der Waals surface area contributed by atoms with Gasteiger partial charge in [0, 0.05) is 0 Å². The van der Waals surface area contributed by atoms with Gasteiger partial charge in [-0.2, -0.15) is 0 Å². The minimum atomic E-state index is -0.252. The van der Waals surface area contributed by atoms with Crippen LogP contribution in [0, 0.1) is 0 Å². The van der Waals surface area contributed by atoms with E-state index in [4.69, 9.17) is 9.25 Å². The summed E-state index contributed by atoms with van der Waals surface area (Å²) in [6.45, 7) is 0.856. The van der Waals surface area contributed by atoms with Crippen LogP contribution in [-0.2, 0) is 22.8 Å². The molecule has 158 valence electrons. The number of hydrogen-bond acceptors (Lipinski definition) is 6. The van der Waals surface area contributed by atoms with Gasteiger partial charge < -0.3 is 4.42 Å². The van der Waals surface area contributed by atoms with E-state index in [-0.39, 0.29) is 11.7 Å². The van der Waals surface area contributed by atoms with E-state index in [9.17, 15) is 4.79 Å². The molecule has 0 aliphatic carbocycles. The zero-order valence-electron chi connectivity index (χ0n) is 16.4. The zero-order chi connectivity index (χ0) is 21.5. The van der Waals surface area contributed by atoms with Gasteiger partial charge in [0.2, 0.25) is 5.82 Å². The van der Waals surface area contributed by atoms with Crippen molar-refractivity contribution in [2.75, 3.05) is 5.75 Å². The highest BCUT2D eigenvalue weighted by molar-refractivity contribution is 9.10. The molecule has 1 amide bonds. The lowest BCUT2D eigenvalue weighted by molar-refractivity contribution is -0.131. The number of carbonyl (C=O) groups excluding carboxylic acids is 1. The Morgan fingerprint density at radius 3 is 2.39 bits per heavy atom. The molecular formula is C22H19BrN4O3S. The van der Waals surface area contributed by atoms with E-state index in [1.54, 1.807) is 6.07 Å². The van der Waals surface area contributed by atoms with Crippen LogP contribution >= 0.6 is 27.7 Å². The molecular weight excluding hydrogens is 480 g/mol. The van der Waals surface area contributed by atoms with Crippen molar-refractivity contribution in [1.29, 1.82) is 0 Å². The molecule has 0 saturated carbocycles. The van der Waals surface area contributed by atoms with Gasteiger partial charge in [-0.3, -0.25) is 14.2 Å². The minimum Gasteiger partial charge on any atom is -0.446 e. The Bertz CT molecular complexity index is 1130. The van der Waals surface area contributed by atoms with Crippen molar-refractivity contribution in [2.45, 2.75) is 18.3 Å². The van der Waals surface area contributed by atoms with Crippen LogP contribution < -0.4 is 5.48 Å². The predicted molar refractivity (Wildman–Crippen MR) is 121 cm³/mol. The number of aromatic nitrogens is 3. The third-order valence-corrected chi connectivity index (χ3v) is 5.69. The summed E-state index contributed by atoms with van der Waals surface area (Å²) in [6.07, 6.45) is 0. The van der Waals surface area contributed by atoms with Crippen LogP contribution in [0.5, 0.6) is 0 Å². The Labute approximate surface area is 191 Å². The SMILES string of the molecule is O=C(CSc1nnc(-c2ccc(Br)o2)n1Cc1ccccc1)NOCc1ccccc1.